The molecule has 25 heavy (non-hydrogen) atoms. The van der Waals surface area contributed by atoms with E-state index in [2.05, 4.69) is 4.99 Å². The first-order valence-corrected chi connectivity index (χ1v) is 8.33. The number of Topliss-reactive ketones (excluding diaryl/α,β-unsaturated/α-hetero) is 1. The second kappa shape index (κ2) is 7.00. The van der Waals surface area contributed by atoms with Crippen molar-refractivity contribution < 1.29 is 18.0 Å². The highest BCUT2D eigenvalue weighted by molar-refractivity contribution is 6.30. The fourth-order valence-electron chi connectivity index (χ4n) is 2.96. The highest BCUT2D eigenvalue weighted by Gasteiger charge is 2.27. The Morgan fingerprint density at radius 3 is 2.64 bits per heavy atom. The van der Waals surface area contributed by atoms with Crippen molar-refractivity contribution >= 4 is 28.8 Å². The number of hydrogen-bond acceptors (Lipinski definition) is 2. The third kappa shape index (κ3) is 3.47. The van der Waals surface area contributed by atoms with E-state index in [0.29, 0.717) is 24.0 Å². The van der Waals surface area contributed by atoms with Crippen LogP contribution in [0.2, 0.25) is 5.02 Å². The van der Waals surface area contributed by atoms with Gasteiger partial charge in [0, 0.05) is 24.1 Å². The monoisotopic (exact) mass is 365 g/mol. The molecule has 6 heteroatoms. The summed E-state index contributed by atoms with van der Waals surface area (Å²) in [4.78, 5) is 16.8. The van der Waals surface area contributed by atoms with Crippen LogP contribution in [0.25, 0.3) is 0 Å². The largest absolute Gasteiger partial charge is 0.294 e. The van der Waals surface area contributed by atoms with Crippen molar-refractivity contribution in [3.8, 4) is 0 Å². The summed E-state index contributed by atoms with van der Waals surface area (Å²) in [5, 5.41) is -0.0885. The minimum atomic E-state index is -1.10. The maximum absolute atomic E-state index is 14.0. The quantitative estimate of drug-likeness (QED) is 0.633. The van der Waals surface area contributed by atoms with Crippen LogP contribution in [0, 0.1) is 17.5 Å². The molecule has 0 radical (unpaired) electrons. The first kappa shape index (κ1) is 17.7. The molecule has 0 saturated heterocycles. The summed E-state index contributed by atoms with van der Waals surface area (Å²) in [5.74, 6) is -3.09. The normalized spacial score (nSPS) is 12.9. The molecule has 0 atom stereocenters. The van der Waals surface area contributed by atoms with Crippen molar-refractivity contribution in [3.63, 3.8) is 0 Å². The summed E-state index contributed by atoms with van der Waals surface area (Å²) in [6, 6.07) is 4.89. The summed E-state index contributed by atoms with van der Waals surface area (Å²) < 4.78 is 41.2. The number of rotatable bonds is 5. The van der Waals surface area contributed by atoms with Gasteiger partial charge in [0.25, 0.3) is 0 Å². The van der Waals surface area contributed by atoms with Gasteiger partial charge in [-0.2, -0.15) is 0 Å². The molecule has 0 amide bonds. The molecular weight excluding hydrogens is 351 g/mol. The molecule has 1 heterocycles. The Bertz CT molecular complexity index is 893. The van der Waals surface area contributed by atoms with E-state index in [-0.39, 0.29) is 28.5 Å². The van der Waals surface area contributed by atoms with Gasteiger partial charge in [-0.05, 0) is 35.7 Å². The molecule has 0 unspecified atom stereocenters. The van der Waals surface area contributed by atoms with Gasteiger partial charge in [0.1, 0.15) is 11.5 Å². The Morgan fingerprint density at radius 2 is 1.96 bits per heavy atom. The van der Waals surface area contributed by atoms with Crippen LogP contribution in [0.5, 0.6) is 0 Å². The fraction of sp³-hybridized carbons (Fsp3) is 0.263. The SMILES string of the molecule is CCCC1=Nc2c(F)c(F)cc(C(=O)Cc3ccc(F)c(Cl)c3)c2C1. The van der Waals surface area contributed by atoms with Gasteiger partial charge in [0.2, 0.25) is 0 Å². The smallest absolute Gasteiger partial charge is 0.184 e. The number of ketones is 1. The molecule has 2 nitrogen and oxygen atoms in total. The topological polar surface area (TPSA) is 29.4 Å². The number of carbonyl (C=O) groups is 1. The molecule has 0 fully saturated rings. The van der Waals surface area contributed by atoms with Crippen LogP contribution in [-0.4, -0.2) is 11.5 Å². The van der Waals surface area contributed by atoms with Gasteiger partial charge in [-0.3, -0.25) is 9.79 Å². The lowest BCUT2D eigenvalue weighted by atomic mass is 9.94. The van der Waals surface area contributed by atoms with Gasteiger partial charge in [-0.15, -0.1) is 0 Å². The van der Waals surface area contributed by atoms with Crippen molar-refractivity contribution in [2.24, 2.45) is 4.99 Å². The summed E-state index contributed by atoms with van der Waals surface area (Å²) in [6.45, 7) is 1.97. The number of fused-ring (bicyclic) bond motifs is 1. The Labute approximate surface area is 148 Å². The van der Waals surface area contributed by atoms with E-state index in [1.165, 1.54) is 18.2 Å². The molecule has 2 aromatic carbocycles. The molecule has 1 aliphatic heterocycles. The number of carbonyl (C=O) groups excluding carboxylic acids is 1. The zero-order valence-electron chi connectivity index (χ0n) is 13.5. The Morgan fingerprint density at radius 1 is 1.20 bits per heavy atom. The second-order valence-corrected chi connectivity index (χ2v) is 6.41. The maximum atomic E-state index is 14.0. The zero-order chi connectivity index (χ0) is 18.1. The fourth-order valence-corrected chi connectivity index (χ4v) is 3.16. The van der Waals surface area contributed by atoms with Crippen molar-refractivity contribution in [2.75, 3.05) is 0 Å². The predicted molar refractivity (Wildman–Crippen MR) is 91.5 cm³/mol. The zero-order valence-corrected chi connectivity index (χ0v) is 14.3. The Kier molecular flexibility index (Phi) is 4.95. The molecule has 0 N–H and O–H groups in total. The number of halogens is 4. The molecule has 0 spiro atoms. The molecule has 1 aliphatic rings. The average molecular weight is 366 g/mol. The predicted octanol–water partition coefficient (Wildman–Crippen LogP) is 5.61. The van der Waals surface area contributed by atoms with Crippen LogP contribution >= 0.6 is 11.6 Å². The van der Waals surface area contributed by atoms with Crippen LogP contribution in [0.1, 0.15) is 41.3 Å². The highest BCUT2D eigenvalue weighted by Crippen LogP contribution is 2.35. The van der Waals surface area contributed by atoms with Crippen molar-refractivity contribution in [2.45, 2.75) is 32.6 Å². The third-order valence-electron chi connectivity index (χ3n) is 4.14. The van der Waals surface area contributed by atoms with E-state index in [1.807, 2.05) is 6.92 Å². The van der Waals surface area contributed by atoms with Crippen LogP contribution in [0.3, 0.4) is 0 Å². The standard InChI is InChI=1S/C19H15ClF3NO/c1-2-3-11-8-13-12(9-16(22)18(23)19(13)24-11)17(25)7-10-4-5-15(21)14(20)6-10/h4-6,9H,2-3,7-8H2,1H3. The van der Waals surface area contributed by atoms with Gasteiger partial charge in [-0.25, -0.2) is 13.2 Å². The molecule has 2 aromatic rings. The molecule has 0 bridgehead atoms. The summed E-state index contributed by atoms with van der Waals surface area (Å²) in [6.07, 6.45) is 1.75. The molecule has 0 aliphatic carbocycles. The number of nitrogens with zero attached hydrogens (tertiary/aromatic N) is 1. The second-order valence-electron chi connectivity index (χ2n) is 6.00. The Balaban J connectivity index is 1.94. The highest BCUT2D eigenvalue weighted by atomic mass is 35.5. The average Bonchev–Trinajstić information content (AvgIpc) is 2.98. The lowest BCUT2D eigenvalue weighted by molar-refractivity contribution is 0.0991. The molecule has 0 aromatic heterocycles. The summed E-state index contributed by atoms with van der Waals surface area (Å²) >= 11 is 5.72. The van der Waals surface area contributed by atoms with Crippen molar-refractivity contribution in [1.82, 2.24) is 0 Å². The Hall–Kier alpha value is -2.14. The van der Waals surface area contributed by atoms with E-state index in [1.54, 1.807) is 0 Å². The van der Waals surface area contributed by atoms with Crippen LogP contribution in [0.15, 0.2) is 29.3 Å². The number of hydrogen-bond donors (Lipinski definition) is 0. The van der Waals surface area contributed by atoms with Gasteiger partial charge in [-0.1, -0.05) is 31.0 Å². The molecule has 3 rings (SSSR count). The van der Waals surface area contributed by atoms with E-state index in [9.17, 15) is 18.0 Å². The third-order valence-corrected chi connectivity index (χ3v) is 4.43. The van der Waals surface area contributed by atoms with Crippen LogP contribution in [0.4, 0.5) is 18.9 Å². The minimum absolute atomic E-state index is 0.0797. The van der Waals surface area contributed by atoms with Gasteiger partial charge >= 0.3 is 0 Å². The van der Waals surface area contributed by atoms with Gasteiger partial charge in [0.15, 0.2) is 17.4 Å². The molecule has 130 valence electrons. The summed E-state index contributed by atoms with van der Waals surface area (Å²) in [5.41, 5.74) is 1.69. The molecular formula is C19H15ClF3NO. The van der Waals surface area contributed by atoms with Gasteiger partial charge in [0.05, 0.1) is 5.02 Å². The van der Waals surface area contributed by atoms with Crippen LogP contribution in [-0.2, 0) is 12.8 Å². The van der Waals surface area contributed by atoms with Crippen LogP contribution < -0.4 is 0 Å². The lowest BCUT2D eigenvalue weighted by Gasteiger charge is -2.09. The molecule has 0 saturated carbocycles. The maximum Gasteiger partial charge on any atom is 0.184 e. The van der Waals surface area contributed by atoms with E-state index >= 15 is 0 Å². The van der Waals surface area contributed by atoms with E-state index < -0.39 is 17.5 Å². The first-order chi connectivity index (χ1) is 11.9. The van der Waals surface area contributed by atoms with Crippen molar-refractivity contribution in [1.29, 1.82) is 0 Å². The first-order valence-electron chi connectivity index (χ1n) is 7.95. The van der Waals surface area contributed by atoms with Gasteiger partial charge < -0.3 is 0 Å². The van der Waals surface area contributed by atoms with Crippen molar-refractivity contribution in [3.05, 3.63) is 63.4 Å². The number of benzene rings is 2. The number of aliphatic imine (C=N–C) groups is 1. The minimum Gasteiger partial charge on any atom is -0.294 e. The van der Waals surface area contributed by atoms with E-state index in [4.69, 9.17) is 11.6 Å². The lowest BCUT2D eigenvalue weighted by Crippen LogP contribution is -2.10. The summed E-state index contributed by atoms with van der Waals surface area (Å²) in [7, 11) is 0. The van der Waals surface area contributed by atoms with E-state index in [0.717, 1.165) is 18.2 Å².